The first-order valence-electron chi connectivity index (χ1n) is 5.51. The normalized spacial score (nSPS) is 10.6. The summed E-state index contributed by atoms with van der Waals surface area (Å²) in [5.41, 5.74) is 2.91. The Hall–Kier alpha value is -2.02. The van der Waals surface area contributed by atoms with Gasteiger partial charge in [0.2, 0.25) is 0 Å². The van der Waals surface area contributed by atoms with Crippen LogP contribution in [0.3, 0.4) is 0 Å². The summed E-state index contributed by atoms with van der Waals surface area (Å²) >= 11 is 12.0. The predicted octanol–water partition coefficient (Wildman–Crippen LogP) is 4.18. The number of hydrogen-bond donors (Lipinski definition) is 0. The molecule has 0 amide bonds. The summed E-state index contributed by atoms with van der Waals surface area (Å²) in [5, 5.41) is 10.0. The van der Waals surface area contributed by atoms with Crippen molar-refractivity contribution in [2.45, 2.75) is 0 Å². The summed E-state index contributed by atoms with van der Waals surface area (Å²) in [6.45, 7) is 0. The number of halogens is 2. The molecule has 3 rings (SSSR count). The van der Waals surface area contributed by atoms with Crippen LogP contribution in [0.2, 0.25) is 10.0 Å². The Bertz CT molecular complexity index is 815. The molecule has 0 saturated heterocycles. The predicted molar refractivity (Wildman–Crippen MR) is 75.4 cm³/mol. The third-order valence-electron chi connectivity index (χ3n) is 2.79. The Morgan fingerprint density at radius 2 is 1.95 bits per heavy atom. The van der Waals surface area contributed by atoms with Crippen LogP contribution >= 0.6 is 23.2 Å². The second kappa shape index (κ2) is 4.58. The van der Waals surface area contributed by atoms with Crippen LogP contribution in [0.5, 0.6) is 0 Å². The van der Waals surface area contributed by atoms with E-state index in [1.807, 2.05) is 12.3 Å². The number of aromatic nitrogens is 2. The van der Waals surface area contributed by atoms with Crippen molar-refractivity contribution in [3.63, 3.8) is 0 Å². The highest BCUT2D eigenvalue weighted by molar-refractivity contribution is 6.36. The molecule has 3 nitrogen and oxygen atoms in total. The lowest BCUT2D eigenvalue weighted by molar-refractivity contribution is 1.17. The van der Waals surface area contributed by atoms with Crippen LogP contribution in [0.4, 0.5) is 0 Å². The Labute approximate surface area is 119 Å². The van der Waals surface area contributed by atoms with Gasteiger partial charge in [-0.15, -0.1) is 0 Å². The van der Waals surface area contributed by atoms with Crippen LogP contribution in [-0.2, 0) is 0 Å². The van der Waals surface area contributed by atoms with E-state index in [1.54, 1.807) is 34.9 Å². The summed E-state index contributed by atoms with van der Waals surface area (Å²) in [6, 6.07) is 10.9. The van der Waals surface area contributed by atoms with Gasteiger partial charge in [0.1, 0.15) is 11.7 Å². The maximum Gasteiger partial charge on any atom is 0.137 e. The first kappa shape index (κ1) is 12.0. The van der Waals surface area contributed by atoms with E-state index in [0.717, 1.165) is 16.9 Å². The fraction of sp³-hybridized carbons (Fsp3) is 0. The molecule has 0 fully saturated rings. The highest BCUT2D eigenvalue weighted by Gasteiger charge is 2.09. The van der Waals surface area contributed by atoms with Gasteiger partial charge >= 0.3 is 0 Å². The number of pyridine rings is 1. The fourth-order valence-corrected chi connectivity index (χ4v) is 2.39. The zero-order valence-electron chi connectivity index (χ0n) is 9.64. The third kappa shape index (κ3) is 2.17. The maximum atomic E-state index is 8.88. The van der Waals surface area contributed by atoms with Gasteiger partial charge in [0.15, 0.2) is 0 Å². The topological polar surface area (TPSA) is 41.1 Å². The van der Waals surface area contributed by atoms with Crippen molar-refractivity contribution >= 4 is 28.8 Å². The first-order valence-corrected chi connectivity index (χ1v) is 6.27. The number of hydrogen-bond acceptors (Lipinski definition) is 2. The SMILES string of the molecule is N#Cc1ccc2nc(-c3ccc(Cl)cc3Cl)cn2c1. The Kier molecular flexibility index (Phi) is 2.90. The van der Waals surface area contributed by atoms with Gasteiger partial charge in [-0.1, -0.05) is 23.2 Å². The highest BCUT2D eigenvalue weighted by Crippen LogP contribution is 2.29. The van der Waals surface area contributed by atoms with E-state index >= 15 is 0 Å². The molecule has 0 aliphatic carbocycles. The van der Waals surface area contributed by atoms with E-state index in [4.69, 9.17) is 28.5 Å². The van der Waals surface area contributed by atoms with Crippen molar-refractivity contribution in [2.24, 2.45) is 0 Å². The minimum absolute atomic E-state index is 0.552. The highest BCUT2D eigenvalue weighted by atomic mass is 35.5. The maximum absolute atomic E-state index is 8.88. The van der Waals surface area contributed by atoms with Crippen molar-refractivity contribution < 1.29 is 0 Å². The molecule has 5 heteroatoms. The second-order valence-corrected chi connectivity index (χ2v) is 4.89. The van der Waals surface area contributed by atoms with Gasteiger partial charge in [0.25, 0.3) is 0 Å². The van der Waals surface area contributed by atoms with Crippen molar-refractivity contribution in [3.05, 3.63) is 58.3 Å². The first-order chi connectivity index (χ1) is 9.17. The minimum atomic E-state index is 0.552. The van der Waals surface area contributed by atoms with E-state index in [0.29, 0.717) is 15.6 Å². The van der Waals surface area contributed by atoms with Crippen LogP contribution in [-0.4, -0.2) is 9.38 Å². The van der Waals surface area contributed by atoms with E-state index in [1.165, 1.54) is 0 Å². The standard InChI is InChI=1S/C14H7Cl2N3/c15-10-2-3-11(12(16)5-10)13-8-19-7-9(6-17)1-4-14(19)18-13/h1-5,7-8H. The molecule has 0 aliphatic heterocycles. The van der Waals surface area contributed by atoms with Crippen molar-refractivity contribution in [1.82, 2.24) is 9.38 Å². The lowest BCUT2D eigenvalue weighted by Crippen LogP contribution is -1.83. The summed E-state index contributed by atoms with van der Waals surface area (Å²) in [5.74, 6) is 0. The quantitative estimate of drug-likeness (QED) is 0.674. The number of rotatable bonds is 1. The van der Waals surface area contributed by atoms with E-state index in [-0.39, 0.29) is 0 Å². The average molecular weight is 288 g/mol. The zero-order valence-corrected chi connectivity index (χ0v) is 11.2. The van der Waals surface area contributed by atoms with Gasteiger partial charge in [0.05, 0.1) is 16.3 Å². The molecule has 0 atom stereocenters. The van der Waals surface area contributed by atoms with Gasteiger partial charge in [0, 0.05) is 23.0 Å². The monoisotopic (exact) mass is 287 g/mol. The molecular weight excluding hydrogens is 281 g/mol. The Balaban J connectivity index is 2.18. The van der Waals surface area contributed by atoms with Crippen LogP contribution in [0.25, 0.3) is 16.9 Å². The number of benzene rings is 1. The van der Waals surface area contributed by atoms with Crippen LogP contribution in [0, 0.1) is 11.3 Å². The van der Waals surface area contributed by atoms with Gasteiger partial charge in [-0.25, -0.2) is 4.98 Å². The molecule has 3 aromatic rings. The van der Waals surface area contributed by atoms with Crippen molar-refractivity contribution in [1.29, 1.82) is 5.26 Å². The zero-order chi connectivity index (χ0) is 13.4. The largest absolute Gasteiger partial charge is 0.305 e. The van der Waals surface area contributed by atoms with Gasteiger partial charge < -0.3 is 4.40 Å². The molecule has 1 aromatic carbocycles. The lowest BCUT2D eigenvalue weighted by Gasteiger charge is -2.00. The number of fused-ring (bicyclic) bond motifs is 1. The molecule has 19 heavy (non-hydrogen) atoms. The van der Waals surface area contributed by atoms with E-state index in [2.05, 4.69) is 11.1 Å². The van der Waals surface area contributed by atoms with E-state index in [9.17, 15) is 0 Å². The number of nitriles is 1. The molecule has 0 N–H and O–H groups in total. The van der Waals surface area contributed by atoms with Crippen LogP contribution in [0.1, 0.15) is 5.56 Å². The summed E-state index contributed by atoms with van der Waals surface area (Å²) < 4.78 is 1.80. The number of imidazole rings is 1. The molecule has 0 radical (unpaired) electrons. The lowest BCUT2D eigenvalue weighted by atomic mass is 10.2. The smallest absolute Gasteiger partial charge is 0.137 e. The molecule has 0 bridgehead atoms. The fourth-order valence-electron chi connectivity index (χ4n) is 1.88. The molecule has 0 spiro atoms. The van der Waals surface area contributed by atoms with Crippen LogP contribution < -0.4 is 0 Å². The number of nitrogens with zero attached hydrogens (tertiary/aromatic N) is 3. The minimum Gasteiger partial charge on any atom is -0.305 e. The van der Waals surface area contributed by atoms with E-state index < -0.39 is 0 Å². The van der Waals surface area contributed by atoms with Crippen molar-refractivity contribution in [2.75, 3.05) is 0 Å². The molecule has 0 aliphatic rings. The van der Waals surface area contributed by atoms with Crippen molar-refractivity contribution in [3.8, 4) is 17.3 Å². The molecule has 92 valence electrons. The molecule has 0 unspecified atom stereocenters. The van der Waals surface area contributed by atoms with Crippen LogP contribution in [0.15, 0.2) is 42.7 Å². The molecule has 2 heterocycles. The van der Waals surface area contributed by atoms with Gasteiger partial charge in [-0.3, -0.25) is 0 Å². The molecule has 2 aromatic heterocycles. The Morgan fingerprint density at radius 1 is 1.11 bits per heavy atom. The average Bonchev–Trinajstić information content (AvgIpc) is 2.80. The summed E-state index contributed by atoms with van der Waals surface area (Å²) in [4.78, 5) is 4.47. The molecule has 0 saturated carbocycles. The Morgan fingerprint density at radius 3 is 2.68 bits per heavy atom. The summed E-state index contributed by atoms with van der Waals surface area (Å²) in [6.07, 6.45) is 3.57. The second-order valence-electron chi connectivity index (χ2n) is 4.05. The molecular formula is C14H7Cl2N3. The van der Waals surface area contributed by atoms with Gasteiger partial charge in [-0.2, -0.15) is 5.26 Å². The third-order valence-corrected chi connectivity index (χ3v) is 3.34. The van der Waals surface area contributed by atoms with Gasteiger partial charge in [-0.05, 0) is 30.3 Å². The summed E-state index contributed by atoms with van der Waals surface area (Å²) in [7, 11) is 0.